The molecular formula is C19H16O3. The van der Waals surface area contributed by atoms with E-state index in [-0.39, 0.29) is 6.42 Å². The van der Waals surface area contributed by atoms with E-state index in [2.05, 4.69) is 18.2 Å². The Bertz CT molecular complexity index is 803. The highest BCUT2D eigenvalue weighted by Crippen LogP contribution is 2.21. The van der Waals surface area contributed by atoms with Gasteiger partial charge in [0.25, 0.3) is 0 Å². The fourth-order valence-electron chi connectivity index (χ4n) is 2.50. The van der Waals surface area contributed by atoms with E-state index < -0.39 is 5.97 Å². The van der Waals surface area contributed by atoms with Crippen LogP contribution < -0.4 is 4.74 Å². The van der Waals surface area contributed by atoms with Gasteiger partial charge in [0.05, 0.1) is 6.42 Å². The van der Waals surface area contributed by atoms with Gasteiger partial charge in [-0.05, 0) is 34.0 Å². The molecule has 0 fully saturated rings. The summed E-state index contributed by atoms with van der Waals surface area (Å²) < 4.78 is 5.83. The molecule has 0 radical (unpaired) electrons. The van der Waals surface area contributed by atoms with Crippen LogP contribution in [0.2, 0.25) is 0 Å². The summed E-state index contributed by atoms with van der Waals surface area (Å²) in [5.74, 6) is -0.155. The topological polar surface area (TPSA) is 46.5 Å². The van der Waals surface area contributed by atoms with Gasteiger partial charge in [-0.2, -0.15) is 0 Å². The molecule has 3 aromatic rings. The van der Waals surface area contributed by atoms with Crippen LogP contribution in [0.3, 0.4) is 0 Å². The standard InChI is InChI=1S/C19H16O3/c20-19(21)12-14-5-3-9-17(11-14)22-13-16-8-4-7-15-6-1-2-10-18(15)16/h1-11H,12-13H2,(H,20,21). The van der Waals surface area contributed by atoms with Crippen molar-refractivity contribution in [2.75, 3.05) is 0 Å². The maximum atomic E-state index is 10.8. The number of aliphatic carboxylic acids is 1. The van der Waals surface area contributed by atoms with Crippen molar-refractivity contribution in [1.82, 2.24) is 0 Å². The van der Waals surface area contributed by atoms with Crippen LogP contribution in [0.15, 0.2) is 66.7 Å². The lowest BCUT2D eigenvalue weighted by Crippen LogP contribution is -2.01. The zero-order valence-electron chi connectivity index (χ0n) is 12.0. The quantitative estimate of drug-likeness (QED) is 0.771. The highest BCUT2D eigenvalue weighted by atomic mass is 16.5. The molecular weight excluding hydrogens is 276 g/mol. The van der Waals surface area contributed by atoms with Gasteiger partial charge < -0.3 is 9.84 Å². The van der Waals surface area contributed by atoms with Gasteiger partial charge in [0.2, 0.25) is 0 Å². The van der Waals surface area contributed by atoms with E-state index in [0.717, 1.165) is 11.1 Å². The van der Waals surface area contributed by atoms with Crippen molar-refractivity contribution >= 4 is 16.7 Å². The molecule has 3 rings (SSSR count). The first-order valence-electron chi connectivity index (χ1n) is 7.12. The first-order valence-corrected chi connectivity index (χ1v) is 7.12. The minimum absolute atomic E-state index is 0.00542. The molecule has 0 saturated heterocycles. The molecule has 0 heterocycles. The molecule has 3 nitrogen and oxygen atoms in total. The lowest BCUT2D eigenvalue weighted by molar-refractivity contribution is -0.136. The van der Waals surface area contributed by atoms with Crippen molar-refractivity contribution in [3.8, 4) is 5.75 Å². The molecule has 1 N–H and O–H groups in total. The smallest absolute Gasteiger partial charge is 0.307 e. The Kier molecular flexibility index (Phi) is 4.05. The normalized spacial score (nSPS) is 10.5. The van der Waals surface area contributed by atoms with Crippen LogP contribution in [0.5, 0.6) is 5.75 Å². The number of hydrogen-bond donors (Lipinski definition) is 1. The fraction of sp³-hybridized carbons (Fsp3) is 0.105. The SMILES string of the molecule is O=C(O)Cc1cccc(OCc2cccc3ccccc23)c1. The van der Waals surface area contributed by atoms with E-state index >= 15 is 0 Å². The van der Waals surface area contributed by atoms with E-state index in [1.807, 2.05) is 36.4 Å². The summed E-state index contributed by atoms with van der Waals surface area (Å²) in [4.78, 5) is 10.8. The van der Waals surface area contributed by atoms with Crippen molar-refractivity contribution in [3.63, 3.8) is 0 Å². The van der Waals surface area contributed by atoms with E-state index in [4.69, 9.17) is 9.84 Å². The second-order valence-corrected chi connectivity index (χ2v) is 5.14. The van der Waals surface area contributed by atoms with Crippen molar-refractivity contribution in [2.45, 2.75) is 13.0 Å². The third-order valence-electron chi connectivity index (χ3n) is 3.53. The van der Waals surface area contributed by atoms with E-state index in [1.165, 1.54) is 10.8 Å². The van der Waals surface area contributed by atoms with Crippen LogP contribution in [0, 0.1) is 0 Å². The number of carboxylic acids is 1. The highest BCUT2D eigenvalue weighted by Gasteiger charge is 2.04. The number of rotatable bonds is 5. The summed E-state index contributed by atoms with van der Waals surface area (Å²) in [6, 6.07) is 21.5. The minimum atomic E-state index is -0.841. The predicted octanol–water partition coefficient (Wildman–Crippen LogP) is 4.05. The summed E-state index contributed by atoms with van der Waals surface area (Å²) in [5, 5.41) is 11.2. The van der Waals surface area contributed by atoms with E-state index in [1.54, 1.807) is 12.1 Å². The molecule has 0 bridgehead atoms. The number of ether oxygens (including phenoxy) is 1. The largest absolute Gasteiger partial charge is 0.489 e. The Labute approximate surface area is 128 Å². The third kappa shape index (κ3) is 3.26. The molecule has 110 valence electrons. The third-order valence-corrected chi connectivity index (χ3v) is 3.53. The molecule has 0 saturated carbocycles. The number of carbonyl (C=O) groups is 1. The van der Waals surface area contributed by atoms with Crippen molar-refractivity contribution in [2.24, 2.45) is 0 Å². The van der Waals surface area contributed by atoms with Crippen molar-refractivity contribution < 1.29 is 14.6 Å². The van der Waals surface area contributed by atoms with E-state index in [0.29, 0.717) is 12.4 Å². The first-order chi connectivity index (χ1) is 10.7. The molecule has 3 heteroatoms. The van der Waals surface area contributed by atoms with Crippen molar-refractivity contribution in [1.29, 1.82) is 0 Å². The zero-order chi connectivity index (χ0) is 15.4. The van der Waals surface area contributed by atoms with Crippen molar-refractivity contribution in [3.05, 3.63) is 77.9 Å². The Balaban J connectivity index is 1.78. The molecule has 0 aliphatic carbocycles. The maximum Gasteiger partial charge on any atom is 0.307 e. The molecule has 0 aliphatic heterocycles. The van der Waals surface area contributed by atoms with Gasteiger partial charge in [-0.1, -0.05) is 54.6 Å². The first kappa shape index (κ1) is 14.1. The van der Waals surface area contributed by atoms with Gasteiger partial charge in [-0.25, -0.2) is 0 Å². The van der Waals surface area contributed by atoms with Crippen LogP contribution >= 0.6 is 0 Å². The summed E-state index contributed by atoms with van der Waals surface area (Å²) in [6.45, 7) is 0.456. The van der Waals surface area contributed by atoms with Gasteiger partial charge in [-0.3, -0.25) is 4.79 Å². The summed E-state index contributed by atoms with van der Waals surface area (Å²) in [7, 11) is 0. The van der Waals surface area contributed by atoms with Gasteiger partial charge in [0.1, 0.15) is 12.4 Å². The lowest BCUT2D eigenvalue weighted by atomic mass is 10.1. The Hall–Kier alpha value is -2.81. The molecule has 0 aliphatic rings. The summed E-state index contributed by atoms with van der Waals surface area (Å²) in [5.41, 5.74) is 1.85. The Morgan fingerprint density at radius 2 is 1.73 bits per heavy atom. The zero-order valence-corrected chi connectivity index (χ0v) is 12.0. The van der Waals surface area contributed by atoms with Crippen LogP contribution in [-0.2, 0) is 17.8 Å². The number of fused-ring (bicyclic) bond motifs is 1. The van der Waals surface area contributed by atoms with Gasteiger partial charge in [0.15, 0.2) is 0 Å². The van der Waals surface area contributed by atoms with Gasteiger partial charge >= 0.3 is 5.97 Å². The van der Waals surface area contributed by atoms with E-state index in [9.17, 15) is 4.79 Å². The predicted molar refractivity (Wildman–Crippen MR) is 86.1 cm³/mol. The van der Waals surface area contributed by atoms with Crippen LogP contribution in [0.4, 0.5) is 0 Å². The van der Waals surface area contributed by atoms with Gasteiger partial charge in [-0.15, -0.1) is 0 Å². The number of hydrogen-bond acceptors (Lipinski definition) is 2. The minimum Gasteiger partial charge on any atom is -0.489 e. The number of carboxylic acid groups (broad SMARTS) is 1. The molecule has 0 unspecified atom stereocenters. The molecule has 0 aromatic heterocycles. The van der Waals surface area contributed by atoms with Crippen LogP contribution in [-0.4, -0.2) is 11.1 Å². The van der Waals surface area contributed by atoms with Crippen LogP contribution in [0.1, 0.15) is 11.1 Å². The monoisotopic (exact) mass is 292 g/mol. The summed E-state index contributed by atoms with van der Waals surface area (Å²) >= 11 is 0. The molecule has 0 atom stereocenters. The molecule has 0 amide bonds. The fourth-order valence-corrected chi connectivity index (χ4v) is 2.50. The number of benzene rings is 3. The van der Waals surface area contributed by atoms with Crippen LogP contribution in [0.25, 0.3) is 10.8 Å². The molecule has 0 spiro atoms. The van der Waals surface area contributed by atoms with Gasteiger partial charge in [0, 0.05) is 0 Å². The molecule has 22 heavy (non-hydrogen) atoms. The second kappa shape index (κ2) is 6.31. The maximum absolute atomic E-state index is 10.8. The summed E-state index contributed by atoms with van der Waals surface area (Å²) in [6.07, 6.45) is 0.00542. The Morgan fingerprint density at radius 1 is 0.955 bits per heavy atom. The average Bonchev–Trinajstić information content (AvgIpc) is 2.52. The highest BCUT2D eigenvalue weighted by molar-refractivity contribution is 5.85. The average molecular weight is 292 g/mol. The molecule has 3 aromatic carbocycles. The lowest BCUT2D eigenvalue weighted by Gasteiger charge is -2.10. The Morgan fingerprint density at radius 3 is 2.59 bits per heavy atom. The second-order valence-electron chi connectivity index (χ2n) is 5.14.